The Hall–Kier alpha value is -0.900. The van der Waals surface area contributed by atoms with Gasteiger partial charge in [-0.25, -0.2) is 4.68 Å². The lowest BCUT2D eigenvalue weighted by Crippen LogP contribution is -2.38. The molecule has 12 heavy (non-hydrogen) atoms. The summed E-state index contributed by atoms with van der Waals surface area (Å²) in [7, 11) is 0. The van der Waals surface area contributed by atoms with Gasteiger partial charge in [-0.1, -0.05) is 5.21 Å². The van der Waals surface area contributed by atoms with Gasteiger partial charge in [-0.05, 0) is 19.4 Å². The van der Waals surface area contributed by atoms with Gasteiger partial charge >= 0.3 is 0 Å². The minimum atomic E-state index is 0.735. The Morgan fingerprint density at radius 1 is 1.50 bits per heavy atom. The molecule has 2 aliphatic rings. The third kappa shape index (κ3) is 0.813. The van der Waals surface area contributed by atoms with Crippen molar-refractivity contribution in [1.29, 1.82) is 0 Å². The van der Waals surface area contributed by atoms with Gasteiger partial charge in [0.2, 0.25) is 0 Å². The van der Waals surface area contributed by atoms with Crippen molar-refractivity contribution >= 4 is 0 Å². The summed E-state index contributed by atoms with van der Waals surface area (Å²) in [5.41, 5.74) is 1.27. The molecule has 3 heterocycles. The van der Waals surface area contributed by atoms with Crippen LogP contribution in [0.1, 0.15) is 18.5 Å². The molecular formula is C8H12N4. The summed E-state index contributed by atoms with van der Waals surface area (Å²) in [6, 6.07) is 0.735. The predicted molar refractivity (Wildman–Crippen MR) is 43.5 cm³/mol. The molecule has 1 unspecified atom stereocenters. The van der Waals surface area contributed by atoms with Crippen LogP contribution in [0.4, 0.5) is 0 Å². The highest BCUT2D eigenvalue weighted by atomic mass is 15.5. The van der Waals surface area contributed by atoms with Crippen molar-refractivity contribution in [1.82, 2.24) is 19.9 Å². The highest BCUT2D eigenvalue weighted by Gasteiger charge is 2.30. The van der Waals surface area contributed by atoms with Crippen LogP contribution in [0.15, 0.2) is 6.20 Å². The van der Waals surface area contributed by atoms with Crippen molar-refractivity contribution in [3.8, 4) is 0 Å². The largest absolute Gasteiger partial charge is 0.293 e. The summed E-state index contributed by atoms with van der Waals surface area (Å²) in [4.78, 5) is 2.54. The summed E-state index contributed by atoms with van der Waals surface area (Å²) < 4.78 is 2.05. The molecule has 0 amide bonds. The van der Waals surface area contributed by atoms with Crippen LogP contribution in [0.5, 0.6) is 0 Å². The topological polar surface area (TPSA) is 34.0 Å². The molecule has 1 fully saturated rings. The lowest BCUT2D eigenvalue weighted by molar-refractivity contribution is 0.180. The molecule has 0 N–H and O–H groups in total. The van der Waals surface area contributed by atoms with E-state index in [2.05, 4.69) is 15.2 Å². The van der Waals surface area contributed by atoms with Crippen LogP contribution in [-0.2, 0) is 13.1 Å². The molecule has 4 nitrogen and oxygen atoms in total. The van der Waals surface area contributed by atoms with Crippen LogP contribution < -0.4 is 0 Å². The number of aromatic nitrogens is 3. The molecule has 1 aromatic rings. The van der Waals surface area contributed by atoms with Crippen LogP contribution in [0.2, 0.25) is 0 Å². The molecule has 0 radical (unpaired) electrons. The maximum Gasteiger partial charge on any atom is 0.0738 e. The first-order valence-corrected chi connectivity index (χ1v) is 4.55. The van der Waals surface area contributed by atoms with E-state index in [0.29, 0.717) is 0 Å². The molecule has 64 valence electrons. The second-order valence-electron chi connectivity index (χ2n) is 3.67. The van der Waals surface area contributed by atoms with E-state index in [1.165, 1.54) is 25.1 Å². The van der Waals surface area contributed by atoms with E-state index >= 15 is 0 Å². The monoisotopic (exact) mass is 164 g/mol. The fraction of sp³-hybridized carbons (Fsp3) is 0.750. The zero-order valence-corrected chi connectivity index (χ0v) is 6.98. The van der Waals surface area contributed by atoms with Crippen LogP contribution in [0.3, 0.4) is 0 Å². The molecule has 1 saturated heterocycles. The van der Waals surface area contributed by atoms with Crippen LogP contribution >= 0.6 is 0 Å². The van der Waals surface area contributed by atoms with E-state index in [1.54, 1.807) is 0 Å². The summed E-state index contributed by atoms with van der Waals surface area (Å²) in [6.07, 6.45) is 4.57. The maximum absolute atomic E-state index is 4.06. The molecule has 4 heteroatoms. The van der Waals surface area contributed by atoms with Crippen LogP contribution in [0.25, 0.3) is 0 Å². The highest BCUT2D eigenvalue weighted by molar-refractivity contribution is 5.00. The Morgan fingerprint density at radius 3 is 3.50 bits per heavy atom. The quantitative estimate of drug-likeness (QED) is 0.551. The lowest BCUT2D eigenvalue weighted by atomic mass is 10.2. The van der Waals surface area contributed by atoms with Crippen LogP contribution in [-0.4, -0.2) is 32.5 Å². The fourth-order valence-electron chi connectivity index (χ4n) is 2.27. The van der Waals surface area contributed by atoms with Gasteiger partial charge in [-0.2, -0.15) is 0 Å². The third-order valence-corrected chi connectivity index (χ3v) is 2.95. The zero-order chi connectivity index (χ0) is 7.97. The first kappa shape index (κ1) is 6.60. The normalized spacial score (nSPS) is 28.5. The van der Waals surface area contributed by atoms with Crippen LogP contribution in [0, 0.1) is 0 Å². The second-order valence-corrected chi connectivity index (χ2v) is 3.67. The van der Waals surface area contributed by atoms with E-state index in [-0.39, 0.29) is 0 Å². The summed E-state index contributed by atoms with van der Waals surface area (Å²) in [6.45, 7) is 3.36. The summed E-state index contributed by atoms with van der Waals surface area (Å²) in [5, 5.41) is 7.97. The van der Waals surface area contributed by atoms with Gasteiger partial charge in [-0.15, -0.1) is 5.10 Å². The Balaban J connectivity index is 1.95. The zero-order valence-electron chi connectivity index (χ0n) is 6.98. The molecule has 0 saturated carbocycles. The Labute approximate surface area is 71.2 Å². The van der Waals surface area contributed by atoms with Gasteiger partial charge in [-0.3, -0.25) is 4.90 Å². The van der Waals surface area contributed by atoms with Crippen molar-refractivity contribution in [2.45, 2.75) is 32.0 Å². The number of hydrogen-bond donors (Lipinski definition) is 0. The van der Waals surface area contributed by atoms with Gasteiger partial charge in [0.1, 0.15) is 0 Å². The predicted octanol–water partition coefficient (Wildman–Crippen LogP) is 0.256. The number of hydrogen-bond acceptors (Lipinski definition) is 3. The van der Waals surface area contributed by atoms with E-state index in [1.807, 2.05) is 10.9 Å². The minimum absolute atomic E-state index is 0.735. The molecule has 3 rings (SSSR count). The van der Waals surface area contributed by atoms with Gasteiger partial charge in [0, 0.05) is 12.6 Å². The third-order valence-electron chi connectivity index (χ3n) is 2.95. The molecule has 0 spiro atoms. The van der Waals surface area contributed by atoms with Crippen molar-refractivity contribution in [3.63, 3.8) is 0 Å². The first-order valence-electron chi connectivity index (χ1n) is 4.55. The van der Waals surface area contributed by atoms with Crippen molar-refractivity contribution in [3.05, 3.63) is 11.9 Å². The molecule has 0 aromatic carbocycles. The average molecular weight is 164 g/mol. The second kappa shape index (κ2) is 2.29. The number of fused-ring (bicyclic) bond motifs is 2. The fourth-order valence-corrected chi connectivity index (χ4v) is 2.27. The molecule has 2 aliphatic heterocycles. The molecule has 0 bridgehead atoms. The number of nitrogens with zero attached hydrogens (tertiary/aromatic N) is 4. The lowest BCUT2D eigenvalue weighted by Gasteiger charge is -2.29. The Morgan fingerprint density at radius 2 is 2.50 bits per heavy atom. The number of rotatable bonds is 0. The molecule has 0 aliphatic carbocycles. The SMILES string of the molecule is c1nnn2c1CN1CCCC1C2. The van der Waals surface area contributed by atoms with Gasteiger partial charge in [0.05, 0.1) is 18.4 Å². The standard InChI is InChI=1S/C8H12N4/c1-2-7-6-12-8(4-9-10-12)5-11(7)3-1/h4,7H,1-3,5-6H2. The Bertz CT molecular complexity index is 267. The Kier molecular flexibility index (Phi) is 1.26. The maximum atomic E-state index is 4.06. The van der Waals surface area contributed by atoms with Crippen molar-refractivity contribution in [2.75, 3.05) is 6.54 Å². The highest BCUT2D eigenvalue weighted by Crippen LogP contribution is 2.24. The smallest absolute Gasteiger partial charge is 0.0738 e. The first-order chi connectivity index (χ1) is 5.93. The minimum Gasteiger partial charge on any atom is -0.293 e. The summed E-state index contributed by atoms with van der Waals surface area (Å²) >= 11 is 0. The van der Waals surface area contributed by atoms with E-state index in [0.717, 1.165) is 19.1 Å². The van der Waals surface area contributed by atoms with E-state index in [4.69, 9.17) is 0 Å². The molecule has 1 atom stereocenters. The van der Waals surface area contributed by atoms with E-state index < -0.39 is 0 Å². The van der Waals surface area contributed by atoms with Crippen molar-refractivity contribution < 1.29 is 0 Å². The molecule has 1 aromatic heterocycles. The van der Waals surface area contributed by atoms with Gasteiger partial charge in [0.25, 0.3) is 0 Å². The van der Waals surface area contributed by atoms with E-state index in [9.17, 15) is 0 Å². The van der Waals surface area contributed by atoms with Gasteiger partial charge in [0.15, 0.2) is 0 Å². The molecular weight excluding hydrogens is 152 g/mol. The average Bonchev–Trinajstić information content (AvgIpc) is 2.64. The van der Waals surface area contributed by atoms with Crippen molar-refractivity contribution in [2.24, 2.45) is 0 Å². The summed E-state index contributed by atoms with van der Waals surface area (Å²) in [5.74, 6) is 0. The van der Waals surface area contributed by atoms with Gasteiger partial charge < -0.3 is 0 Å².